The Bertz CT molecular complexity index is 1190. The van der Waals surface area contributed by atoms with E-state index in [1.807, 2.05) is 24.3 Å². The van der Waals surface area contributed by atoms with Crippen molar-refractivity contribution in [3.05, 3.63) is 69.8 Å². The van der Waals surface area contributed by atoms with Crippen molar-refractivity contribution in [1.29, 1.82) is 0 Å². The number of carboxylic acids is 1. The molecule has 1 saturated heterocycles. The second-order valence-corrected chi connectivity index (χ2v) is 10.2. The number of aromatic nitrogens is 1. The molecule has 3 atom stereocenters. The maximum Gasteiger partial charge on any atom is 0.308 e. The predicted molar refractivity (Wildman–Crippen MR) is 142 cm³/mol. The molecule has 2 aromatic carbocycles. The molecule has 0 spiro atoms. The molecule has 0 aliphatic carbocycles. The molecular weight excluding hydrogens is 502 g/mol. The Kier molecular flexibility index (Phi) is 9.04. The monoisotopic (exact) mass is 532 g/mol. The molecule has 1 aliphatic heterocycles. The van der Waals surface area contributed by atoms with Crippen molar-refractivity contribution >= 4 is 40.1 Å². The molecule has 3 aromatic rings. The summed E-state index contributed by atoms with van der Waals surface area (Å²) in [6.07, 6.45) is 3.53. The maximum atomic E-state index is 15.4. The number of carboxylic acid groups (broad SMARTS) is 1. The van der Waals surface area contributed by atoms with Crippen LogP contribution in [0.5, 0.6) is 5.75 Å². The van der Waals surface area contributed by atoms with E-state index in [1.165, 1.54) is 0 Å². The Morgan fingerprint density at radius 2 is 2.03 bits per heavy atom. The van der Waals surface area contributed by atoms with Crippen LogP contribution in [0, 0.1) is 11.8 Å². The zero-order valence-electron chi connectivity index (χ0n) is 20.3. The third-order valence-electron chi connectivity index (χ3n) is 7.23. The number of methoxy groups -OCH3 is 1. The quantitative estimate of drug-likeness (QED) is 0.304. The van der Waals surface area contributed by atoms with E-state index in [4.69, 9.17) is 27.9 Å². The summed E-state index contributed by atoms with van der Waals surface area (Å²) in [4.78, 5) is 18.6. The number of rotatable bonds is 10. The summed E-state index contributed by atoms with van der Waals surface area (Å²) in [7, 11) is 1.58. The average molecular weight is 533 g/mol. The number of fused-ring (bicyclic) bond motifs is 1. The van der Waals surface area contributed by atoms with Gasteiger partial charge in [0.1, 0.15) is 11.9 Å². The number of carbonyl (C=O) groups is 1. The first-order chi connectivity index (χ1) is 17.4. The van der Waals surface area contributed by atoms with Crippen LogP contribution in [0.1, 0.15) is 43.0 Å². The van der Waals surface area contributed by atoms with E-state index in [9.17, 15) is 9.90 Å². The van der Waals surface area contributed by atoms with Crippen LogP contribution in [0.2, 0.25) is 10.0 Å². The lowest BCUT2D eigenvalue weighted by Crippen LogP contribution is -2.44. The SMILES string of the molecule is COc1ccc2nccc(C(F)CC[C@@H]3CCN(CCCc4c(Cl)cccc4Cl)C[C@@H]3C(=O)O)c2c1. The van der Waals surface area contributed by atoms with Gasteiger partial charge in [-0.05, 0) is 98.6 Å². The van der Waals surface area contributed by atoms with Gasteiger partial charge in [-0.2, -0.15) is 0 Å². The standard InChI is InChI=1S/C28H31Cl2FN2O3/c1-36-19-8-10-27-22(16-19)20(11-13-32-27)26(31)9-7-18-12-15-33(17-23(18)28(34)35)14-3-4-21-24(29)5-2-6-25(21)30/h2,5-6,8,10-11,13,16,18,23,26H,3-4,7,9,12,14-15,17H2,1H3,(H,34,35)/t18-,23+,26?/m1/s1. The van der Waals surface area contributed by atoms with Gasteiger partial charge < -0.3 is 14.7 Å². The fourth-order valence-corrected chi connectivity index (χ4v) is 5.80. The van der Waals surface area contributed by atoms with E-state index in [-0.39, 0.29) is 12.3 Å². The Morgan fingerprint density at radius 1 is 1.25 bits per heavy atom. The van der Waals surface area contributed by atoms with Crippen molar-refractivity contribution in [3.8, 4) is 5.75 Å². The van der Waals surface area contributed by atoms with E-state index in [2.05, 4.69) is 9.88 Å². The predicted octanol–water partition coefficient (Wildman–Crippen LogP) is 7.00. The lowest BCUT2D eigenvalue weighted by atomic mass is 9.81. The molecule has 0 bridgehead atoms. The van der Waals surface area contributed by atoms with E-state index in [1.54, 1.807) is 31.5 Å². The van der Waals surface area contributed by atoms with Crippen molar-refractivity contribution in [2.45, 2.75) is 38.3 Å². The number of halogens is 3. The molecule has 1 fully saturated rings. The summed E-state index contributed by atoms with van der Waals surface area (Å²) >= 11 is 12.5. The van der Waals surface area contributed by atoms with Crippen LogP contribution in [-0.2, 0) is 11.2 Å². The highest BCUT2D eigenvalue weighted by atomic mass is 35.5. The fourth-order valence-electron chi connectivity index (χ4n) is 5.21. The first-order valence-electron chi connectivity index (χ1n) is 12.3. The lowest BCUT2D eigenvalue weighted by molar-refractivity contribution is -0.146. The van der Waals surface area contributed by atoms with Crippen LogP contribution < -0.4 is 4.74 Å². The van der Waals surface area contributed by atoms with Gasteiger partial charge in [0.25, 0.3) is 0 Å². The van der Waals surface area contributed by atoms with Gasteiger partial charge in [0.15, 0.2) is 0 Å². The Morgan fingerprint density at radius 3 is 2.75 bits per heavy atom. The molecule has 5 nitrogen and oxygen atoms in total. The van der Waals surface area contributed by atoms with E-state index < -0.39 is 18.1 Å². The van der Waals surface area contributed by atoms with Gasteiger partial charge in [-0.1, -0.05) is 29.3 Å². The molecule has 4 rings (SSSR count). The van der Waals surface area contributed by atoms with Gasteiger partial charge in [0.05, 0.1) is 18.5 Å². The third-order valence-corrected chi connectivity index (χ3v) is 7.94. The van der Waals surface area contributed by atoms with Gasteiger partial charge in [-0.15, -0.1) is 0 Å². The molecule has 36 heavy (non-hydrogen) atoms. The second kappa shape index (κ2) is 12.2. The molecule has 1 unspecified atom stereocenters. The Hall–Kier alpha value is -2.41. The van der Waals surface area contributed by atoms with Crippen LogP contribution >= 0.6 is 23.2 Å². The van der Waals surface area contributed by atoms with Crippen LogP contribution in [-0.4, -0.2) is 47.7 Å². The van der Waals surface area contributed by atoms with E-state index >= 15 is 4.39 Å². The summed E-state index contributed by atoms with van der Waals surface area (Å²) in [5.74, 6) is -0.728. The molecule has 1 aliphatic rings. The smallest absolute Gasteiger partial charge is 0.308 e. The molecule has 2 heterocycles. The van der Waals surface area contributed by atoms with Crippen LogP contribution in [0.3, 0.4) is 0 Å². The molecule has 1 aromatic heterocycles. The van der Waals surface area contributed by atoms with Gasteiger partial charge in [-0.3, -0.25) is 9.78 Å². The number of hydrogen-bond acceptors (Lipinski definition) is 4. The number of hydrogen-bond donors (Lipinski definition) is 1. The zero-order valence-corrected chi connectivity index (χ0v) is 21.8. The summed E-state index contributed by atoms with van der Waals surface area (Å²) in [6.45, 7) is 2.05. The van der Waals surface area contributed by atoms with Crippen molar-refractivity contribution in [2.75, 3.05) is 26.7 Å². The third kappa shape index (κ3) is 6.28. The maximum absolute atomic E-state index is 15.4. The van der Waals surface area contributed by atoms with Crippen LogP contribution in [0.4, 0.5) is 4.39 Å². The van der Waals surface area contributed by atoms with Gasteiger partial charge >= 0.3 is 5.97 Å². The molecule has 0 radical (unpaired) electrons. The summed E-state index contributed by atoms with van der Waals surface area (Å²) in [6, 6.07) is 12.6. The number of likely N-dealkylation sites (tertiary alicyclic amines) is 1. The minimum Gasteiger partial charge on any atom is -0.497 e. The summed E-state index contributed by atoms with van der Waals surface area (Å²) < 4.78 is 20.7. The molecule has 8 heteroatoms. The molecular formula is C28H31Cl2FN2O3. The van der Waals surface area contributed by atoms with Crippen LogP contribution in [0.25, 0.3) is 10.9 Å². The highest BCUT2D eigenvalue weighted by Crippen LogP contribution is 2.35. The summed E-state index contributed by atoms with van der Waals surface area (Å²) in [5, 5.41) is 12.0. The number of nitrogens with zero attached hydrogens (tertiary/aromatic N) is 2. The first kappa shape index (κ1) is 26.6. The number of ether oxygens (including phenoxy) is 1. The van der Waals surface area contributed by atoms with Crippen molar-refractivity contribution in [2.24, 2.45) is 11.8 Å². The van der Waals surface area contributed by atoms with Crippen LogP contribution in [0.15, 0.2) is 48.7 Å². The molecule has 192 valence electrons. The van der Waals surface area contributed by atoms with Crippen molar-refractivity contribution in [3.63, 3.8) is 0 Å². The highest BCUT2D eigenvalue weighted by Gasteiger charge is 2.34. The normalized spacial score (nSPS) is 19.3. The minimum atomic E-state index is -1.20. The first-order valence-corrected chi connectivity index (χ1v) is 13.1. The summed E-state index contributed by atoms with van der Waals surface area (Å²) in [5.41, 5.74) is 2.22. The van der Waals surface area contributed by atoms with Gasteiger partial charge in [0, 0.05) is 28.2 Å². The molecule has 0 saturated carbocycles. The number of benzene rings is 2. The Balaban J connectivity index is 1.34. The van der Waals surface area contributed by atoms with E-state index in [0.29, 0.717) is 39.8 Å². The number of pyridine rings is 1. The lowest BCUT2D eigenvalue weighted by Gasteiger charge is -2.37. The highest BCUT2D eigenvalue weighted by molar-refractivity contribution is 6.35. The number of piperidine rings is 1. The molecule has 0 amide bonds. The van der Waals surface area contributed by atoms with E-state index in [0.717, 1.165) is 43.3 Å². The topological polar surface area (TPSA) is 62.7 Å². The van der Waals surface area contributed by atoms with Crippen molar-refractivity contribution < 1.29 is 19.0 Å². The average Bonchev–Trinajstić information content (AvgIpc) is 2.88. The largest absolute Gasteiger partial charge is 0.497 e. The Labute approximate surface area is 221 Å². The number of alkyl halides is 1. The zero-order chi connectivity index (χ0) is 25.7. The molecule has 1 N–H and O–H groups in total. The van der Waals surface area contributed by atoms with Crippen molar-refractivity contribution in [1.82, 2.24) is 9.88 Å². The fraction of sp³-hybridized carbons (Fsp3) is 0.429. The second-order valence-electron chi connectivity index (χ2n) is 9.43. The number of aliphatic carboxylic acids is 1. The minimum absolute atomic E-state index is 0.0577. The van der Waals surface area contributed by atoms with Gasteiger partial charge in [-0.25, -0.2) is 4.39 Å². The van der Waals surface area contributed by atoms with Gasteiger partial charge in [0.2, 0.25) is 0 Å².